The van der Waals surface area contributed by atoms with Crippen molar-refractivity contribution in [3.8, 4) is 0 Å². The first-order valence-corrected chi connectivity index (χ1v) is 14.7. The van der Waals surface area contributed by atoms with Crippen LogP contribution >= 0.6 is 0 Å². The minimum absolute atomic E-state index is 0.0102. The molecule has 0 aromatic heterocycles. The van der Waals surface area contributed by atoms with E-state index in [-0.39, 0.29) is 30.5 Å². The Morgan fingerprint density at radius 2 is 1.52 bits per heavy atom. The van der Waals surface area contributed by atoms with Crippen LogP contribution in [0.1, 0.15) is 58.4 Å². The summed E-state index contributed by atoms with van der Waals surface area (Å²) in [5, 5.41) is 6.01. The number of carbonyl (C=O) groups is 3. The van der Waals surface area contributed by atoms with Crippen molar-refractivity contribution in [1.82, 2.24) is 10.2 Å². The summed E-state index contributed by atoms with van der Waals surface area (Å²) in [5.74, 6) is -0.172. The van der Waals surface area contributed by atoms with Crippen LogP contribution in [0.25, 0.3) is 0 Å². The number of nitrogens with two attached hydrogens (primary N) is 1. The van der Waals surface area contributed by atoms with Crippen molar-refractivity contribution in [2.45, 2.75) is 50.8 Å². The number of hydrogen-bond acceptors (Lipinski definition) is 6. The number of nitrogens with one attached hydrogen (secondary N) is 2. The minimum atomic E-state index is -0.602. The number of rotatable bonds is 7. The highest BCUT2D eigenvalue weighted by Crippen LogP contribution is 2.29. The van der Waals surface area contributed by atoms with E-state index in [0.717, 1.165) is 43.4 Å². The summed E-state index contributed by atoms with van der Waals surface area (Å²) in [6.45, 7) is 2.59. The summed E-state index contributed by atoms with van der Waals surface area (Å²) in [5.41, 5.74) is 9.31. The Morgan fingerprint density at radius 3 is 2.26 bits per heavy atom. The van der Waals surface area contributed by atoms with Crippen LogP contribution in [0.2, 0.25) is 0 Å². The Morgan fingerprint density at radius 1 is 0.810 bits per heavy atom. The molecule has 5 rings (SSSR count). The maximum absolute atomic E-state index is 13.2. The van der Waals surface area contributed by atoms with Crippen molar-refractivity contribution in [2.24, 2.45) is 5.73 Å². The summed E-state index contributed by atoms with van der Waals surface area (Å²) >= 11 is 0. The van der Waals surface area contributed by atoms with Crippen molar-refractivity contribution < 1.29 is 19.1 Å². The number of nitrogens with zero attached hydrogens (tertiary/aromatic N) is 2. The van der Waals surface area contributed by atoms with Crippen LogP contribution in [0.3, 0.4) is 0 Å². The Balaban J connectivity index is 1.31. The fourth-order valence-electron chi connectivity index (χ4n) is 5.58. The molecule has 1 aliphatic carbocycles. The average Bonchev–Trinajstić information content (AvgIpc) is 3.28. The van der Waals surface area contributed by atoms with Gasteiger partial charge in [0.15, 0.2) is 0 Å². The number of ether oxygens (including phenoxy) is 1. The van der Waals surface area contributed by atoms with Gasteiger partial charge in [0.2, 0.25) is 0 Å². The molecule has 1 heterocycles. The van der Waals surface area contributed by atoms with Gasteiger partial charge in [0.1, 0.15) is 6.61 Å². The van der Waals surface area contributed by atoms with Gasteiger partial charge in [-0.2, -0.15) is 0 Å². The lowest BCUT2D eigenvalue weighted by molar-refractivity contribution is 0.0766. The summed E-state index contributed by atoms with van der Waals surface area (Å²) < 4.78 is 5.49. The van der Waals surface area contributed by atoms with Crippen molar-refractivity contribution in [3.05, 3.63) is 95.6 Å². The van der Waals surface area contributed by atoms with Crippen LogP contribution < -0.4 is 21.3 Å². The monoisotopic (exact) mass is 569 g/mol. The molecule has 9 heteroatoms. The second-order valence-corrected chi connectivity index (χ2v) is 11.0. The predicted molar refractivity (Wildman–Crippen MR) is 164 cm³/mol. The fraction of sp³-hybridized carbons (Fsp3) is 0.364. The molecule has 1 saturated heterocycles. The zero-order valence-electron chi connectivity index (χ0n) is 23.8. The number of carbonyl (C=O) groups excluding carboxylic acids is 3. The maximum atomic E-state index is 13.2. The van der Waals surface area contributed by atoms with E-state index >= 15 is 0 Å². The molecule has 1 aliphatic heterocycles. The molecule has 220 valence electrons. The Labute approximate surface area is 247 Å². The first-order valence-electron chi connectivity index (χ1n) is 14.7. The largest absolute Gasteiger partial charge is 0.444 e. The van der Waals surface area contributed by atoms with Gasteiger partial charge in [0.05, 0.1) is 11.4 Å². The van der Waals surface area contributed by atoms with E-state index in [1.54, 1.807) is 12.1 Å². The molecular formula is C33H39N5O4. The van der Waals surface area contributed by atoms with Crippen LogP contribution in [0.5, 0.6) is 0 Å². The van der Waals surface area contributed by atoms with Crippen molar-refractivity contribution in [3.63, 3.8) is 0 Å². The van der Waals surface area contributed by atoms with Crippen LogP contribution in [0.15, 0.2) is 78.9 Å². The Kier molecular flexibility index (Phi) is 9.71. The molecule has 3 aromatic rings. The lowest BCUT2D eigenvalue weighted by Gasteiger charge is -2.28. The van der Waals surface area contributed by atoms with Gasteiger partial charge in [0.25, 0.3) is 11.8 Å². The molecule has 2 aliphatic rings. The smallest absolute Gasteiger partial charge is 0.412 e. The zero-order chi connectivity index (χ0) is 29.3. The maximum Gasteiger partial charge on any atom is 0.412 e. The SMILES string of the molecule is NC1CCC(NC(=O)c2ccc(N3CCCN(C(=O)c4ccccc4)CC3)c(NC(=O)OCc3ccccc3)c2)CC1. The molecule has 2 fully saturated rings. The van der Waals surface area contributed by atoms with Gasteiger partial charge < -0.3 is 25.6 Å². The molecule has 3 amide bonds. The summed E-state index contributed by atoms with van der Waals surface area (Å²) in [4.78, 5) is 43.2. The second kappa shape index (κ2) is 14.0. The van der Waals surface area contributed by atoms with E-state index < -0.39 is 6.09 Å². The van der Waals surface area contributed by atoms with Gasteiger partial charge in [-0.1, -0.05) is 48.5 Å². The van der Waals surface area contributed by atoms with Gasteiger partial charge in [-0.25, -0.2) is 4.79 Å². The first kappa shape index (κ1) is 29.1. The molecule has 9 nitrogen and oxygen atoms in total. The first-order chi connectivity index (χ1) is 20.5. The van der Waals surface area contributed by atoms with Crippen molar-refractivity contribution in [2.75, 3.05) is 36.4 Å². The quantitative estimate of drug-likeness (QED) is 0.377. The minimum Gasteiger partial charge on any atom is -0.444 e. The zero-order valence-corrected chi connectivity index (χ0v) is 23.8. The fourth-order valence-corrected chi connectivity index (χ4v) is 5.58. The summed E-state index contributed by atoms with van der Waals surface area (Å²) in [7, 11) is 0. The normalized spacial score (nSPS) is 19.0. The Hall–Kier alpha value is -4.37. The third-order valence-corrected chi connectivity index (χ3v) is 7.96. The van der Waals surface area contributed by atoms with E-state index in [1.165, 1.54) is 0 Å². The van der Waals surface area contributed by atoms with Gasteiger partial charge in [-0.15, -0.1) is 0 Å². The second-order valence-electron chi connectivity index (χ2n) is 11.0. The van der Waals surface area contributed by atoms with Gasteiger partial charge >= 0.3 is 6.09 Å². The number of benzene rings is 3. The molecule has 0 atom stereocenters. The Bertz CT molecular complexity index is 1360. The van der Waals surface area contributed by atoms with Crippen LogP contribution in [-0.4, -0.2) is 61.1 Å². The molecule has 1 saturated carbocycles. The molecule has 0 unspecified atom stereocenters. The average molecular weight is 570 g/mol. The molecule has 0 radical (unpaired) electrons. The standard InChI is InChI=1S/C33H39N5O4/c34-27-13-15-28(16-14-27)35-31(39)26-12-17-30(29(22-26)36-33(41)42-23-24-8-3-1-4-9-24)37-18-7-19-38(21-20-37)32(40)25-10-5-2-6-11-25/h1-6,8-12,17,22,27-28H,7,13-16,18-21,23,34H2,(H,35,39)(H,36,41). The van der Waals surface area contributed by atoms with Gasteiger partial charge in [0, 0.05) is 49.4 Å². The van der Waals surface area contributed by atoms with Crippen LogP contribution in [-0.2, 0) is 11.3 Å². The third kappa shape index (κ3) is 7.67. The highest BCUT2D eigenvalue weighted by molar-refractivity contribution is 5.99. The lowest BCUT2D eigenvalue weighted by atomic mass is 9.91. The molecule has 42 heavy (non-hydrogen) atoms. The molecule has 0 spiro atoms. The number of amides is 3. The van der Waals surface area contributed by atoms with E-state index in [9.17, 15) is 14.4 Å². The van der Waals surface area contributed by atoms with Crippen LogP contribution in [0, 0.1) is 0 Å². The third-order valence-electron chi connectivity index (χ3n) is 7.96. The van der Waals surface area contributed by atoms with E-state index in [2.05, 4.69) is 15.5 Å². The molecule has 3 aromatic carbocycles. The molecule has 4 N–H and O–H groups in total. The van der Waals surface area contributed by atoms with E-state index in [0.29, 0.717) is 43.0 Å². The van der Waals surface area contributed by atoms with Crippen LogP contribution in [0.4, 0.5) is 16.2 Å². The van der Waals surface area contributed by atoms with E-state index in [4.69, 9.17) is 10.5 Å². The van der Waals surface area contributed by atoms with Crippen molar-refractivity contribution >= 4 is 29.3 Å². The number of hydrogen-bond donors (Lipinski definition) is 3. The van der Waals surface area contributed by atoms with Gasteiger partial charge in [-0.05, 0) is 68.0 Å². The van der Waals surface area contributed by atoms with Crippen molar-refractivity contribution in [1.29, 1.82) is 0 Å². The predicted octanol–water partition coefficient (Wildman–Crippen LogP) is 4.79. The number of anilines is 2. The highest BCUT2D eigenvalue weighted by atomic mass is 16.5. The summed E-state index contributed by atoms with van der Waals surface area (Å²) in [6.07, 6.45) is 3.66. The highest BCUT2D eigenvalue weighted by Gasteiger charge is 2.24. The van der Waals surface area contributed by atoms with E-state index in [1.807, 2.05) is 71.6 Å². The molecular weight excluding hydrogens is 530 g/mol. The molecule has 0 bridgehead atoms. The summed E-state index contributed by atoms with van der Waals surface area (Å²) in [6, 6.07) is 24.4. The topological polar surface area (TPSA) is 117 Å². The lowest BCUT2D eigenvalue weighted by Crippen LogP contribution is -2.40. The van der Waals surface area contributed by atoms with Gasteiger partial charge in [-0.3, -0.25) is 14.9 Å².